The summed E-state index contributed by atoms with van der Waals surface area (Å²) in [5.74, 6) is 0.831. The van der Waals surface area contributed by atoms with Gasteiger partial charge < -0.3 is 4.74 Å². The first-order chi connectivity index (χ1) is 10.2. The number of hydrogen-bond acceptors (Lipinski definition) is 3. The van der Waals surface area contributed by atoms with Crippen LogP contribution in [0.5, 0.6) is 5.75 Å². The zero-order valence-corrected chi connectivity index (χ0v) is 13.4. The Morgan fingerprint density at radius 1 is 1.10 bits per heavy atom. The van der Waals surface area contributed by atoms with Crippen molar-refractivity contribution in [2.45, 2.75) is 6.61 Å². The van der Waals surface area contributed by atoms with Crippen LogP contribution in [0.4, 0.5) is 0 Å². The van der Waals surface area contributed by atoms with Gasteiger partial charge in [-0.2, -0.15) is 0 Å². The summed E-state index contributed by atoms with van der Waals surface area (Å²) < 4.78 is 9.43. The van der Waals surface area contributed by atoms with Crippen LogP contribution < -0.4 is 10.3 Å². The highest BCUT2D eigenvalue weighted by molar-refractivity contribution is 9.10. The normalized spacial score (nSPS) is 10.5. The van der Waals surface area contributed by atoms with Crippen molar-refractivity contribution in [2.75, 3.05) is 0 Å². The second-order valence-corrected chi connectivity index (χ2v) is 6.28. The van der Waals surface area contributed by atoms with Gasteiger partial charge in [0.1, 0.15) is 12.4 Å². The van der Waals surface area contributed by atoms with Gasteiger partial charge in [0.15, 0.2) is 0 Å². The number of rotatable bonds is 4. The number of aromatic nitrogens is 1. The second kappa shape index (κ2) is 6.28. The van der Waals surface area contributed by atoms with Crippen molar-refractivity contribution in [3.63, 3.8) is 0 Å². The van der Waals surface area contributed by atoms with E-state index in [1.54, 1.807) is 6.07 Å². The van der Waals surface area contributed by atoms with Crippen LogP contribution in [-0.4, -0.2) is 4.37 Å². The summed E-state index contributed by atoms with van der Waals surface area (Å²) in [5.41, 5.74) is 2.06. The lowest BCUT2D eigenvalue weighted by molar-refractivity contribution is 0.306. The molecule has 3 nitrogen and oxygen atoms in total. The lowest BCUT2D eigenvalue weighted by Crippen LogP contribution is -1.95. The van der Waals surface area contributed by atoms with Gasteiger partial charge in [-0.1, -0.05) is 57.8 Å². The molecule has 1 aromatic heterocycles. The van der Waals surface area contributed by atoms with E-state index >= 15 is 0 Å². The van der Waals surface area contributed by atoms with Crippen LogP contribution in [0.2, 0.25) is 0 Å². The molecule has 0 radical (unpaired) electrons. The van der Waals surface area contributed by atoms with E-state index in [1.807, 2.05) is 48.5 Å². The van der Waals surface area contributed by atoms with E-state index < -0.39 is 0 Å². The molecule has 2 aromatic carbocycles. The van der Waals surface area contributed by atoms with Crippen LogP contribution in [0, 0.1) is 0 Å². The first kappa shape index (κ1) is 14.1. The Morgan fingerprint density at radius 2 is 1.90 bits per heavy atom. The summed E-state index contributed by atoms with van der Waals surface area (Å²) in [6.45, 7) is 0.514. The first-order valence-electron chi connectivity index (χ1n) is 6.37. The van der Waals surface area contributed by atoms with Gasteiger partial charge in [-0.3, -0.25) is 9.17 Å². The third kappa shape index (κ3) is 3.62. The second-order valence-electron chi connectivity index (χ2n) is 4.52. The largest absolute Gasteiger partial charge is 0.489 e. The van der Waals surface area contributed by atoms with Crippen molar-refractivity contribution in [1.82, 2.24) is 4.37 Å². The molecule has 5 heteroatoms. The molecule has 3 aromatic rings. The number of hydrogen-bond donors (Lipinski definition) is 1. The number of aromatic amines is 1. The van der Waals surface area contributed by atoms with Crippen LogP contribution >= 0.6 is 27.5 Å². The van der Waals surface area contributed by atoms with Gasteiger partial charge in [0.25, 0.3) is 5.56 Å². The molecular formula is C16H12BrNO2S. The fourth-order valence-electron chi connectivity index (χ4n) is 1.91. The molecule has 0 spiro atoms. The van der Waals surface area contributed by atoms with E-state index in [0.717, 1.165) is 26.2 Å². The van der Waals surface area contributed by atoms with E-state index in [2.05, 4.69) is 20.3 Å². The molecule has 0 saturated heterocycles. The molecular weight excluding hydrogens is 350 g/mol. The monoisotopic (exact) mass is 361 g/mol. The Kier molecular flexibility index (Phi) is 4.22. The zero-order valence-electron chi connectivity index (χ0n) is 11.0. The van der Waals surface area contributed by atoms with Crippen molar-refractivity contribution < 1.29 is 4.74 Å². The molecule has 0 amide bonds. The molecule has 0 unspecified atom stereocenters. The highest BCUT2D eigenvalue weighted by Gasteiger charge is 2.02. The molecule has 0 aliphatic rings. The molecule has 1 N–H and O–H groups in total. The minimum Gasteiger partial charge on any atom is -0.489 e. The van der Waals surface area contributed by atoms with Crippen LogP contribution in [0.3, 0.4) is 0 Å². The quantitative estimate of drug-likeness (QED) is 0.745. The lowest BCUT2D eigenvalue weighted by atomic mass is 10.1. The Bertz CT molecular complexity index is 792. The van der Waals surface area contributed by atoms with Crippen LogP contribution in [-0.2, 0) is 6.61 Å². The average molecular weight is 362 g/mol. The molecule has 21 heavy (non-hydrogen) atoms. The van der Waals surface area contributed by atoms with Gasteiger partial charge in [0, 0.05) is 10.5 Å². The molecule has 0 aliphatic heterocycles. The maximum Gasteiger partial charge on any atom is 0.258 e. The van der Waals surface area contributed by atoms with E-state index in [4.69, 9.17) is 4.74 Å². The molecule has 0 aliphatic carbocycles. The number of nitrogens with one attached hydrogen (secondary N) is 1. The maximum atomic E-state index is 11.1. The summed E-state index contributed by atoms with van der Waals surface area (Å²) in [6.07, 6.45) is 0. The lowest BCUT2D eigenvalue weighted by Gasteiger charge is -2.07. The van der Waals surface area contributed by atoms with E-state index in [9.17, 15) is 4.79 Å². The SMILES string of the molecule is O=c1cc(-c2ccc(COc3cccc(Br)c3)cc2)s[nH]1. The number of benzene rings is 2. The topological polar surface area (TPSA) is 42.1 Å². The highest BCUT2D eigenvalue weighted by atomic mass is 79.9. The molecule has 3 rings (SSSR count). The fourth-order valence-corrected chi connectivity index (χ4v) is 2.98. The zero-order chi connectivity index (χ0) is 14.7. The Labute approximate surface area is 134 Å². The molecule has 0 fully saturated rings. The smallest absolute Gasteiger partial charge is 0.258 e. The van der Waals surface area contributed by atoms with Crippen molar-refractivity contribution in [3.8, 4) is 16.2 Å². The minimum atomic E-state index is -0.0583. The number of ether oxygens (including phenoxy) is 1. The van der Waals surface area contributed by atoms with Crippen molar-refractivity contribution in [1.29, 1.82) is 0 Å². The summed E-state index contributed by atoms with van der Waals surface area (Å²) in [4.78, 5) is 12.1. The van der Waals surface area contributed by atoms with Gasteiger partial charge in [-0.25, -0.2) is 0 Å². The summed E-state index contributed by atoms with van der Waals surface area (Å²) in [6, 6.07) is 17.4. The van der Waals surface area contributed by atoms with Gasteiger partial charge in [-0.15, -0.1) is 0 Å². The van der Waals surface area contributed by atoms with Crippen LogP contribution in [0.15, 0.2) is 63.9 Å². The minimum absolute atomic E-state index is 0.0583. The molecule has 1 heterocycles. The number of halogens is 1. The summed E-state index contributed by atoms with van der Waals surface area (Å²) in [7, 11) is 0. The first-order valence-corrected chi connectivity index (χ1v) is 7.98. The highest BCUT2D eigenvalue weighted by Crippen LogP contribution is 2.22. The summed E-state index contributed by atoms with van der Waals surface area (Å²) >= 11 is 4.76. The van der Waals surface area contributed by atoms with E-state index in [-0.39, 0.29) is 5.56 Å². The predicted molar refractivity (Wildman–Crippen MR) is 88.8 cm³/mol. The van der Waals surface area contributed by atoms with Crippen molar-refractivity contribution >= 4 is 27.5 Å². The molecule has 106 valence electrons. The Balaban J connectivity index is 1.68. The molecule has 0 bridgehead atoms. The predicted octanol–water partition coefficient (Wildman–Crippen LogP) is 4.44. The number of H-pyrrole nitrogens is 1. The molecule has 0 atom stereocenters. The van der Waals surface area contributed by atoms with Gasteiger partial charge in [-0.05, 0) is 29.3 Å². The van der Waals surface area contributed by atoms with Gasteiger partial charge >= 0.3 is 0 Å². The van der Waals surface area contributed by atoms with Gasteiger partial charge in [0.2, 0.25) is 0 Å². The van der Waals surface area contributed by atoms with Crippen LogP contribution in [0.1, 0.15) is 5.56 Å². The average Bonchev–Trinajstić information content (AvgIpc) is 2.92. The Hall–Kier alpha value is -1.85. The van der Waals surface area contributed by atoms with Gasteiger partial charge in [0.05, 0.1) is 4.88 Å². The third-order valence-corrected chi connectivity index (χ3v) is 4.33. The Morgan fingerprint density at radius 3 is 2.57 bits per heavy atom. The van der Waals surface area contributed by atoms with Crippen molar-refractivity contribution in [3.05, 3.63) is 75.0 Å². The standard InChI is InChI=1S/C16H12BrNO2S/c17-13-2-1-3-14(8-13)20-10-11-4-6-12(7-5-11)15-9-16(19)18-21-15/h1-9H,10H2,(H,18,19). The maximum absolute atomic E-state index is 11.1. The van der Waals surface area contributed by atoms with Crippen molar-refractivity contribution in [2.24, 2.45) is 0 Å². The van der Waals surface area contributed by atoms with E-state index in [0.29, 0.717) is 6.61 Å². The third-order valence-electron chi connectivity index (χ3n) is 2.96. The van der Waals surface area contributed by atoms with E-state index in [1.165, 1.54) is 11.5 Å². The molecule has 0 saturated carbocycles. The summed E-state index contributed by atoms with van der Waals surface area (Å²) in [5, 5.41) is 0. The fraction of sp³-hybridized carbons (Fsp3) is 0.0625. The van der Waals surface area contributed by atoms with Crippen LogP contribution in [0.25, 0.3) is 10.4 Å².